The zero-order chi connectivity index (χ0) is 11.7. The molecular weight excluding hydrogens is 242 g/mol. The smallest absolute Gasteiger partial charge is 0.226 e. The van der Waals surface area contributed by atoms with Gasteiger partial charge in [-0.25, -0.2) is 0 Å². The highest BCUT2D eigenvalue weighted by molar-refractivity contribution is 6.28. The Balaban J connectivity index is 1.91. The Morgan fingerprint density at radius 3 is 3.00 bits per heavy atom. The van der Waals surface area contributed by atoms with Gasteiger partial charge in [0, 0.05) is 6.20 Å². The maximum Gasteiger partial charge on any atom is 0.226 e. The number of nitrogens with one attached hydrogen (secondary N) is 3. The molecule has 0 aromatic carbocycles. The highest BCUT2D eigenvalue weighted by Crippen LogP contribution is 2.20. The molecule has 0 aliphatic rings. The second-order valence-corrected chi connectivity index (χ2v) is 3.75. The van der Waals surface area contributed by atoms with Gasteiger partial charge >= 0.3 is 0 Å². The summed E-state index contributed by atoms with van der Waals surface area (Å²) in [7, 11) is 0. The molecule has 3 heterocycles. The minimum Gasteiger partial charge on any atom is -0.364 e. The Hall–Kier alpha value is -2.15. The number of halogens is 1. The lowest BCUT2D eigenvalue weighted by atomic mass is 10.3. The molecule has 8 heteroatoms. The van der Waals surface area contributed by atoms with Crippen molar-refractivity contribution in [3.8, 4) is 0 Å². The summed E-state index contributed by atoms with van der Waals surface area (Å²) in [5, 5.41) is 17.5. The monoisotopic (exact) mass is 249 g/mol. The Bertz CT molecular complexity index is 630. The number of nitrogens with zero attached hydrogens (tertiary/aromatic N) is 4. The van der Waals surface area contributed by atoms with E-state index in [0.29, 0.717) is 18.0 Å². The predicted octanol–water partition coefficient (Wildman–Crippen LogP) is 1.34. The van der Waals surface area contributed by atoms with Crippen molar-refractivity contribution in [3.63, 3.8) is 0 Å². The quantitative estimate of drug-likeness (QED) is 0.609. The molecule has 3 aromatic rings. The minimum absolute atomic E-state index is 0.175. The first-order valence-corrected chi connectivity index (χ1v) is 5.29. The largest absolute Gasteiger partial charge is 0.364 e. The van der Waals surface area contributed by atoms with Crippen molar-refractivity contribution < 1.29 is 0 Å². The molecule has 0 saturated carbocycles. The molecule has 86 valence electrons. The fourth-order valence-corrected chi connectivity index (χ4v) is 1.67. The van der Waals surface area contributed by atoms with Gasteiger partial charge in [-0.1, -0.05) is 0 Å². The SMILES string of the molecule is Clc1nc(NCc2ccn[nH]2)c2cn[nH]c2n1. The fourth-order valence-electron chi connectivity index (χ4n) is 1.50. The molecule has 3 rings (SSSR count). The van der Waals surface area contributed by atoms with Crippen molar-refractivity contribution in [1.82, 2.24) is 30.4 Å². The first-order chi connectivity index (χ1) is 8.33. The summed E-state index contributed by atoms with van der Waals surface area (Å²) in [4.78, 5) is 8.14. The van der Waals surface area contributed by atoms with Crippen LogP contribution in [-0.4, -0.2) is 30.4 Å². The summed E-state index contributed by atoms with van der Waals surface area (Å²) in [6.45, 7) is 0.577. The molecule has 0 radical (unpaired) electrons. The van der Waals surface area contributed by atoms with E-state index in [0.717, 1.165) is 11.1 Å². The molecule has 0 fully saturated rings. The Kier molecular flexibility index (Phi) is 2.37. The van der Waals surface area contributed by atoms with Crippen LogP contribution in [0.1, 0.15) is 5.69 Å². The van der Waals surface area contributed by atoms with Crippen LogP contribution in [0.15, 0.2) is 18.5 Å². The van der Waals surface area contributed by atoms with Gasteiger partial charge in [-0.15, -0.1) is 0 Å². The zero-order valence-electron chi connectivity index (χ0n) is 8.61. The first kappa shape index (κ1) is 10.0. The van der Waals surface area contributed by atoms with Gasteiger partial charge in [-0.2, -0.15) is 20.2 Å². The summed E-state index contributed by atoms with van der Waals surface area (Å²) < 4.78 is 0. The molecule has 0 aliphatic heterocycles. The minimum atomic E-state index is 0.175. The van der Waals surface area contributed by atoms with E-state index < -0.39 is 0 Å². The van der Waals surface area contributed by atoms with Gasteiger partial charge in [0.1, 0.15) is 5.82 Å². The number of fused-ring (bicyclic) bond motifs is 1. The summed E-state index contributed by atoms with van der Waals surface area (Å²) in [5.41, 5.74) is 1.56. The second-order valence-electron chi connectivity index (χ2n) is 3.41. The van der Waals surface area contributed by atoms with Crippen LogP contribution in [0, 0.1) is 0 Å². The van der Waals surface area contributed by atoms with E-state index in [1.54, 1.807) is 12.4 Å². The lowest BCUT2D eigenvalue weighted by Crippen LogP contribution is -2.03. The molecule has 0 amide bonds. The van der Waals surface area contributed by atoms with E-state index in [2.05, 4.69) is 35.7 Å². The van der Waals surface area contributed by atoms with Crippen molar-refractivity contribution >= 4 is 28.5 Å². The average Bonchev–Trinajstić information content (AvgIpc) is 2.95. The molecule has 7 nitrogen and oxygen atoms in total. The summed E-state index contributed by atoms with van der Waals surface area (Å²) in [6, 6.07) is 1.88. The number of hydrogen-bond acceptors (Lipinski definition) is 5. The summed E-state index contributed by atoms with van der Waals surface area (Å²) >= 11 is 5.81. The van der Waals surface area contributed by atoms with Crippen LogP contribution < -0.4 is 5.32 Å². The molecule has 3 aromatic heterocycles. The average molecular weight is 250 g/mol. The van der Waals surface area contributed by atoms with Crippen molar-refractivity contribution in [2.24, 2.45) is 0 Å². The normalized spacial score (nSPS) is 10.9. The molecular formula is C9H8ClN7. The first-order valence-electron chi connectivity index (χ1n) is 4.91. The van der Waals surface area contributed by atoms with Crippen molar-refractivity contribution in [2.75, 3.05) is 5.32 Å². The van der Waals surface area contributed by atoms with E-state index in [4.69, 9.17) is 11.6 Å². The van der Waals surface area contributed by atoms with E-state index in [9.17, 15) is 0 Å². The van der Waals surface area contributed by atoms with E-state index in [1.165, 1.54) is 0 Å². The van der Waals surface area contributed by atoms with Gasteiger partial charge in [0.05, 0.1) is 23.8 Å². The zero-order valence-corrected chi connectivity index (χ0v) is 9.36. The van der Waals surface area contributed by atoms with E-state index >= 15 is 0 Å². The van der Waals surface area contributed by atoms with Gasteiger partial charge in [0.25, 0.3) is 0 Å². The number of aromatic amines is 2. The van der Waals surface area contributed by atoms with Crippen LogP contribution in [0.5, 0.6) is 0 Å². The van der Waals surface area contributed by atoms with Crippen molar-refractivity contribution in [2.45, 2.75) is 6.54 Å². The van der Waals surface area contributed by atoms with Crippen LogP contribution in [0.3, 0.4) is 0 Å². The molecule has 0 atom stereocenters. The second kappa shape index (κ2) is 4.02. The molecule has 0 saturated heterocycles. The lowest BCUT2D eigenvalue weighted by Gasteiger charge is -2.04. The van der Waals surface area contributed by atoms with Crippen LogP contribution in [0.4, 0.5) is 5.82 Å². The van der Waals surface area contributed by atoms with Gasteiger partial charge in [-0.3, -0.25) is 10.2 Å². The third-order valence-corrected chi connectivity index (χ3v) is 2.46. The standard InChI is InChI=1S/C9H8ClN7/c10-9-14-7(6-4-13-17-8(6)15-9)11-3-5-1-2-12-16-5/h1-2,4H,3H2,(H,12,16)(H2,11,13,14,15,17). The van der Waals surface area contributed by atoms with Crippen molar-refractivity contribution in [1.29, 1.82) is 0 Å². The molecule has 3 N–H and O–H groups in total. The Labute approximate surface area is 101 Å². The maximum absolute atomic E-state index is 5.81. The third-order valence-electron chi connectivity index (χ3n) is 2.29. The topological polar surface area (TPSA) is 95.2 Å². The van der Waals surface area contributed by atoms with Crippen molar-refractivity contribution in [3.05, 3.63) is 29.4 Å². The summed E-state index contributed by atoms with van der Waals surface area (Å²) in [5.74, 6) is 0.642. The molecule has 17 heavy (non-hydrogen) atoms. The highest BCUT2D eigenvalue weighted by Gasteiger charge is 2.08. The van der Waals surface area contributed by atoms with Gasteiger partial charge in [-0.05, 0) is 17.7 Å². The van der Waals surface area contributed by atoms with Crippen LogP contribution in [-0.2, 0) is 6.54 Å². The molecule has 0 unspecified atom stereocenters. The van der Waals surface area contributed by atoms with E-state index in [1.807, 2.05) is 6.07 Å². The number of hydrogen-bond donors (Lipinski definition) is 3. The molecule has 0 bridgehead atoms. The third kappa shape index (κ3) is 1.92. The van der Waals surface area contributed by atoms with Gasteiger partial charge in [0.2, 0.25) is 5.28 Å². The van der Waals surface area contributed by atoms with Crippen LogP contribution in [0.2, 0.25) is 5.28 Å². The predicted molar refractivity (Wildman–Crippen MR) is 62.6 cm³/mol. The Morgan fingerprint density at radius 1 is 1.24 bits per heavy atom. The molecule has 0 spiro atoms. The summed E-state index contributed by atoms with van der Waals surface area (Å²) in [6.07, 6.45) is 3.35. The number of anilines is 1. The highest BCUT2D eigenvalue weighted by atomic mass is 35.5. The fraction of sp³-hybridized carbons (Fsp3) is 0.111. The van der Waals surface area contributed by atoms with E-state index in [-0.39, 0.29) is 5.28 Å². The van der Waals surface area contributed by atoms with Crippen LogP contribution in [0.25, 0.3) is 11.0 Å². The lowest BCUT2D eigenvalue weighted by molar-refractivity contribution is 0.974. The number of H-pyrrole nitrogens is 2. The Morgan fingerprint density at radius 2 is 2.18 bits per heavy atom. The van der Waals surface area contributed by atoms with Gasteiger partial charge in [0.15, 0.2) is 5.65 Å². The maximum atomic E-state index is 5.81. The molecule has 0 aliphatic carbocycles. The van der Waals surface area contributed by atoms with Gasteiger partial charge < -0.3 is 5.32 Å². The van der Waals surface area contributed by atoms with Crippen LogP contribution >= 0.6 is 11.6 Å². The number of rotatable bonds is 3. The number of aromatic nitrogens is 6.